The number of alkyl halides is 2. The molecule has 0 spiro atoms. The maximum absolute atomic E-state index is 14.2. The molecule has 1 saturated heterocycles. The number of esters is 1. The molecule has 2 saturated carbocycles. The molecular weight excluding hydrogens is 869 g/mol. The first-order chi connectivity index (χ1) is 29.3. The molecule has 1 amide bonds. The van der Waals surface area contributed by atoms with E-state index < -0.39 is 34.3 Å². The van der Waals surface area contributed by atoms with E-state index in [1.165, 1.54) is 47.0 Å². The number of ether oxygens (including phenoxy) is 5. The number of amides is 1. The number of sulfonamides is 1. The molecule has 13 nitrogen and oxygen atoms in total. The van der Waals surface area contributed by atoms with Crippen molar-refractivity contribution < 1.29 is 55.5 Å². The number of hydrogen-bond acceptors (Lipinski definition) is 10. The number of aromatic nitrogens is 1. The molecule has 3 fully saturated rings. The first-order valence-corrected chi connectivity index (χ1v) is 23.6. The van der Waals surface area contributed by atoms with Crippen molar-refractivity contribution in [1.29, 1.82) is 0 Å². The van der Waals surface area contributed by atoms with Gasteiger partial charge >= 0.3 is 18.7 Å². The van der Waals surface area contributed by atoms with Gasteiger partial charge in [-0.25, -0.2) is 23.0 Å². The van der Waals surface area contributed by atoms with E-state index in [0.717, 1.165) is 31.9 Å². The molecule has 3 atom stereocenters. The van der Waals surface area contributed by atoms with E-state index in [-0.39, 0.29) is 69.7 Å². The van der Waals surface area contributed by atoms with E-state index in [9.17, 15) is 26.8 Å². The molecule has 0 radical (unpaired) electrons. The lowest BCUT2D eigenvalue weighted by Gasteiger charge is -2.44. The summed E-state index contributed by atoms with van der Waals surface area (Å²) in [4.78, 5) is 33.9. The number of rotatable bonds is 19. The van der Waals surface area contributed by atoms with Crippen LogP contribution in [0.3, 0.4) is 0 Å². The molecule has 2 heterocycles. The predicted molar refractivity (Wildman–Crippen MR) is 231 cm³/mol. The molecule has 1 aliphatic heterocycles. The van der Waals surface area contributed by atoms with Crippen LogP contribution in [0.2, 0.25) is 10.0 Å². The van der Waals surface area contributed by atoms with Gasteiger partial charge < -0.3 is 28.6 Å². The number of carbonyl (C=O) groups excluding carboxylic acids is 2. The Morgan fingerprint density at radius 3 is 2.15 bits per heavy atom. The average molecular weight is 927 g/mol. The minimum atomic E-state index is -3.83. The van der Waals surface area contributed by atoms with Gasteiger partial charge in [-0.2, -0.15) is 8.78 Å². The van der Waals surface area contributed by atoms with Gasteiger partial charge in [-0.15, -0.1) is 0 Å². The maximum atomic E-state index is 14.2. The molecule has 2 aromatic carbocycles. The first-order valence-electron chi connectivity index (χ1n) is 21.0. The summed E-state index contributed by atoms with van der Waals surface area (Å²) in [6.45, 7) is 8.83. The maximum Gasteiger partial charge on any atom is 0.410 e. The lowest BCUT2D eigenvalue weighted by atomic mass is 10.0. The minimum Gasteiger partial charge on any atom is -0.491 e. The Morgan fingerprint density at radius 1 is 0.903 bits per heavy atom. The van der Waals surface area contributed by atoms with E-state index in [1.54, 1.807) is 11.0 Å². The highest BCUT2D eigenvalue weighted by molar-refractivity contribution is 7.92. The number of H-pyrrole nitrogens is 1. The fourth-order valence-corrected chi connectivity index (χ4v) is 8.73. The van der Waals surface area contributed by atoms with Crippen molar-refractivity contribution in [1.82, 2.24) is 9.80 Å². The largest absolute Gasteiger partial charge is 0.491 e. The fraction of sp³-hybridized carbons (Fsp3) is 0.568. The van der Waals surface area contributed by atoms with Crippen molar-refractivity contribution in [3.05, 3.63) is 75.5 Å². The number of halogens is 4. The Balaban J connectivity index is 1.23. The predicted octanol–water partition coefficient (Wildman–Crippen LogP) is 8.61. The molecule has 340 valence electrons. The highest BCUT2D eigenvalue weighted by Gasteiger charge is 2.35. The SMILES string of the molecule is C[C@@H]1CN(CCCN(c2ccc(C(=O)O[C@@H](Cc3c(Cl)c[nH+]cc3Cl)c3ccc(OC(F)F)c(OCC4CC4)c3)cc2OCC2CC2)S(C)(=O)=O)[C@@H](C)CN1C(=O)OC(C)(C)C. The van der Waals surface area contributed by atoms with Crippen LogP contribution < -0.4 is 23.5 Å². The molecule has 2 aliphatic carbocycles. The highest BCUT2D eigenvalue weighted by atomic mass is 35.5. The van der Waals surface area contributed by atoms with Crippen molar-refractivity contribution in [2.75, 3.05) is 50.0 Å². The van der Waals surface area contributed by atoms with Gasteiger partial charge in [0.25, 0.3) is 0 Å². The average Bonchev–Trinajstić information content (AvgIpc) is 4.13. The zero-order chi connectivity index (χ0) is 44.9. The molecule has 0 bridgehead atoms. The fourth-order valence-electron chi connectivity index (χ4n) is 7.23. The van der Waals surface area contributed by atoms with Gasteiger partial charge in [-0.1, -0.05) is 29.3 Å². The molecule has 3 aromatic rings. The monoisotopic (exact) mass is 925 g/mol. The lowest BCUT2D eigenvalue weighted by Crippen LogP contribution is -2.58. The highest BCUT2D eigenvalue weighted by Crippen LogP contribution is 2.40. The summed E-state index contributed by atoms with van der Waals surface area (Å²) in [5.74, 6) is -0.0294. The van der Waals surface area contributed by atoms with Crippen LogP contribution in [-0.4, -0.2) is 100 Å². The summed E-state index contributed by atoms with van der Waals surface area (Å²) in [6.07, 6.45) is 7.17. The molecule has 18 heteroatoms. The van der Waals surface area contributed by atoms with Crippen LogP contribution in [0.25, 0.3) is 0 Å². The summed E-state index contributed by atoms with van der Waals surface area (Å²) >= 11 is 13.1. The smallest absolute Gasteiger partial charge is 0.410 e. The van der Waals surface area contributed by atoms with E-state index >= 15 is 0 Å². The number of hydrogen-bond donors (Lipinski definition) is 0. The van der Waals surface area contributed by atoms with Crippen LogP contribution in [0.15, 0.2) is 48.8 Å². The Labute approximate surface area is 372 Å². The van der Waals surface area contributed by atoms with Crippen LogP contribution >= 0.6 is 23.2 Å². The third-order valence-corrected chi connectivity index (χ3v) is 12.8. The first kappa shape index (κ1) is 47.4. The topological polar surface area (TPSA) is 138 Å². The number of nitrogens with one attached hydrogen (secondary N) is 1. The Morgan fingerprint density at radius 2 is 1.55 bits per heavy atom. The van der Waals surface area contributed by atoms with Crippen LogP contribution in [-0.2, 0) is 25.9 Å². The van der Waals surface area contributed by atoms with Crippen molar-refractivity contribution in [3.8, 4) is 17.2 Å². The van der Waals surface area contributed by atoms with Crippen LogP contribution in [0.4, 0.5) is 19.3 Å². The van der Waals surface area contributed by atoms with Gasteiger partial charge in [0.2, 0.25) is 10.0 Å². The number of piperazine rings is 1. The molecule has 3 aliphatic rings. The van der Waals surface area contributed by atoms with Gasteiger partial charge in [0, 0.05) is 50.2 Å². The Kier molecular flexibility index (Phi) is 15.4. The third kappa shape index (κ3) is 13.2. The van der Waals surface area contributed by atoms with Crippen LogP contribution in [0, 0.1) is 11.8 Å². The number of anilines is 1. The van der Waals surface area contributed by atoms with E-state index in [1.807, 2.05) is 34.6 Å². The quantitative estimate of drug-likeness (QED) is 0.108. The van der Waals surface area contributed by atoms with Crippen molar-refractivity contribution in [3.63, 3.8) is 0 Å². The van der Waals surface area contributed by atoms with Gasteiger partial charge in [0.15, 0.2) is 23.9 Å². The zero-order valence-electron chi connectivity index (χ0n) is 36.0. The summed E-state index contributed by atoms with van der Waals surface area (Å²) in [5.41, 5.74) is 0.637. The number of nitrogens with zero attached hydrogens (tertiary/aromatic N) is 3. The molecule has 62 heavy (non-hydrogen) atoms. The van der Waals surface area contributed by atoms with Crippen molar-refractivity contribution in [2.24, 2.45) is 11.8 Å². The Hall–Kier alpha value is -4.12. The van der Waals surface area contributed by atoms with Crippen LogP contribution in [0.5, 0.6) is 17.2 Å². The Bertz CT molecular complexity index is 2150. The molecular formula is C44H57Cl2F2N4O9S+. The zero-order valence-corrected chi connectivity index (χ0v) is 38.3. The lowest BCUT2D eigenvalue weighted by molar-refractivity contribution is -0.377. The summed E-state index contributed by atoms with van der Waals surface area (Å²) < 4.78 is 83.6. The molecule has 0 unspecified atom stereocenters. The van der Waals surface area contributed by atoms with E-state index in [2.05, 4.69) is 9.88 Å². The number of benzene rings is 2. The summed E-state index contributed by atoms with van der Waals surface area (Å²) in [5, 5.41) is 0.573. The number of aromatic amines is 1. The standard InChI is InChI=1S/C44H56Cl2F2N4O9S/c1-27-24-51(43(54)61-44(3,4)5)28(2)23-50(27)16-7-17-52(62(6,55)56)36-14-12-32(19-39(36)57-25-29-8-9-29)41(53)59-38(20-33-34(45)21-49-22-35(33)46)31-13-15-37(60-42(47)48)40(18-31)58-26-30-10-11-30/h12-15,18-19,21-22,27-30,38,42H,7-11,16-17,20,23-26H2,1-6H3/p+1/t27-,28+,38-/m0/s1. The summed E-state index contributed by atoms with van der Waals surface area (Å²) in [6, 6.07) is 8.77. The molecule has 6 rings (SSSR count). The van der Waals surface area contributed by atoms with E-state index in [0.29, 0.717) is 62.2 Å². The van der Waals surface area contributed by atoms with Gasteiger partial charge in [-0.3, -0.25) is 9.21 Å². The number of carbonyl (C=O) groups is 2. The second-order valence-corrected chi connectivity index (χ2v) is 20.2. The van der Waals surface area contributed by atoms with Crippen molar-refractivity contribution in [2.45, 2.75) is 104 Å². The number of pyridine rings is 1. The van der Waals surface area contributed by atoms with Crippen molar-refractivity contribution >= 4 is 51.0 Å². The molecule has 1 N–H and O–H groups in total. The second kappa shape index (κ2) is 20.2. The minimum absolute atomic E-state index is 0.00757. The summed E-state index contributed by atoms with van der Waals surface area (Å²) in [7, 11) is -3.83. The van der Waals surface area contributed by atoms with Gasteiger partial charge in [0.1, 0.15) is 27.5 Å². The van der Waals surface area contributed by atoms with Gasteiger partial charge in [0.05, 0.1) is 30.7 Å². The third-order valence-electron chi connectivity index (χ3n) is 10.9. The second-order valence-electron chi connectivity index (χ2n) is 17.5. The molecule has 1 aromatic heterocycles. The normalized spacial score (nSPS) is 18.9. The van der Waals surface area contributed by atoms with Gasteiger partial charge in [-0.05, 0) is 114 Å². The van der Waals surface area contributed by atoms with Crippen LogP contribution in [0.1, 0.15) is 94.3 Å². The van der Waals surface area contributed by atoms with E-state index in [4.69, 9.17) is 46.9 Å².